The normalized spacial score (nSPS) is 27.3. The van der Waals surface area contributed by atoms with Crippen LogP contribution in [-0.4, -0.2) is 86.8 Å². The quantitative estimate of drug-likeness (QED) is 0.224. The van der Waals surface area contributed by atoms with Crippen LogP contribution in [0.1, 0.15) is 84.1 Å². The first-order chi connectivity index (χ1) is 20.2. The van der Waals surface area contributed by atoms with Crippen molar-refractivity contribution in [1.29, 1.82) is 0 Å². The summed E-state index contributed by atoms with van der Waals surface area (Å²) in [6, 6.07) is 7.01. The molecule has 0 bridgehead atoms. The summed E-state index contributed by atoms with van der Waals surface area (Å²) in [5.74, 6) is -2.40. The molecule has 0 spiro atoms. The molecule has 3 fully saturated rings. The number of likely N-dealkylation sites (tertiary alicyclic amines) is 1. The number of esters is 1. The van der Waals surface area contributed by atoms with Crippen LogP contribution >= 0.6 is 0 Å². The van der Waals surface area contributed by atoms with Crippen molar-refractivity contribution >= 4 is 17.7 Å². The van der Waals surface area contributed by atoms with E-state index < -0.39 is 36.0 Å². The average Bonchev–Trinajstić information content (AvgIpc) is 3.20. The number of anilines is 1. The van der Waals surface area contributed by atoms with E-state index in [1.54, 1.807) is 24.3 Å². The molecule has 0 aliphatic carbocycles. The van der Waals surface area contributed by atoms with E-state index in [1.165, 1.54) is 39.2 Å². The number of rotatable bonds is 14. The monoisotopic (exact) mass is 590 g/mol. The number of amides is 1. The molecular formula is C32H50N2O8. The van der Waals surface area contributed by atoms with Gasteiger partial charge >= 0.3 is 12.1 Å². The summed E-state index contributed by atoms with van der Waals surface area (Å²) in [5, 5.41) is 2.81. The van der Waals surface area contributed by atoms with E-state index in [4.69, 9.17) is 28.4 Å². The van der Waals surface area contributed by atoms with Crippen molar-refractivity contribution in [3.8, 4) is 0 Å². The first kappa shape index (κ1) is 32.7. The Bertz CT molecular complexity index is 995. The molecule has 42 heavy (non-hydrogen) atoms. The summed E-state index contributed by atoms with van der Waals surface area (Å²) in [4.78, 5) is 27.2. The molecule has 3 aliphatic heterocycles. The molecule has 0 unspecified atom stereocenters. The predicted octanol–water partition coefficient (Wildman–Crippen LogP) is 5.43. The van der Waals surface area contributed by atoms with Crippen molar-refractivity contribution in [2.24, 2.45) is 0 Å². The summed E-state index contributed by atoms with van der Waals surface area (Å²) in [6.45, 7) is 9.29. The van der Waals surface area contributed by atoms with Gasteiger partial charge < -0.3 is 33.3 Å². The topological polar surface area (TPSA) is 105 Å². The number of fused-ring (bicyclic) bond motifs is 1. The van der Waals surface area contributed by atoms with Crippen molar-refractivity contribution in [3.63, 3.8) is 0 Å². The highest BCUT2D eigenvalue weighted by Crippen LogP contribution is 2.47. The van der Waals surface area contributed by atoms with Gasteiger partial charge in [-0.2, -0.15) is 0 Å². The molecule has 0 saturated carbocycles. The number of hydrogen-bond acceptors (Lipinski definition) is 9. The largest absolute Gasteiger partial charge is 0.469 e. The number of carbonyl (C=O) groups excluding carboxylic acids is 2. The van der Waals surface area contributed by atoms with E-state index in [2.05, 4.69) is 17.1 Å². The lowest BCUT2D eigenvalue weighted by Crippen LogP contribution is -2.46. The predicted molar refractivity (Wildman–Crippen MR) is 158 cm³/mol. The second-order valence-electron chi connectivity index (χ2n) is 12.1. The molecule has 3 aliphatic rings. The summed E-state index contributed by atoms with van der Waals surface area (Å²) < 4.78 is 36.3. The molecule has 10 heteroatoms. The van der Waals surface area contributed by atoms with Crippen molar-refractivity contribution in [2.45, 2.75) is 115 Å². The number of methoxy groups -OCH3 is 1. The Kier molecular flexibility index (Phi) is 12.0. The maximum absolute atomic E-state index is 13.2. The van der Waals surface area contributed by atoms with E-state index in [0.717, 1.165) is 44.3 Å². The Morgan fingerprint density at radius 1 is 1.00 bits per heavy atom. The molecule has 4 rings (SSSR count). The minimum atomic E-state index is -1.16. The second kappa shape index (κ2) is 15.5. The van der Waals surface area contributed by atoms with Crippen molar-refractivity contribution in [1.82, 2.24) is 4.90 Å². The van der Waals surface area contributed by atoms with Crippen molar-refractivity contribution < 1.29 is 38.0 Å². The van der Waals surface area contributed by atoms with Gasteiger partial charge in [-0.05, 0) is 63.9 Å². The van der Waals surface area contributed by atoms with Crippen LogP contribution in [0.25, 0.3) is 0 Å². The number of unbranched alkanes of at least 4 members (excludes halogenated alkanes) is 4. The van der Waals surface area contributed by atoms with Crippen LogP contribution in [0.4, 0.5) is 10.5 Å². The van der Waals surface area contributed by atoms with E-state index in [-0.39, 0.29) is 19.0 Å². The molecule has 0 aromatic heterocycles. The SMILES string of the molecule is CCCCCCCOC[C@@]12O[C@@H](CN3CCCCCC3)[C@@H](OC(=O)Nc3ccc(CC(=O)OC)cc3)[C@@H]1OC(C)(C)O2. The van der Waals surface area contributed by atoms with Gasteiger partial charge in [-0.15, -0.1) is 0 Å². The first-order valence-electron chi connectivity index (χ1n) is 15.7. The highest BCUT2D eigenvalue weighted by molar-refractivity contribution is 5.85. The third-order valence-corrected chi connectivity index (χ3v) is 8.13. The zero-order valence-corrected chi connectivity index (χ0v) is 25.9. The Labute approximate surface area is 250 Å². The van der Waals surface area contributed by atoms with Gasteiger partial charge in [-0.1, -0.05) is 57.6 Å². The Morgan fingerprint density at radius 3 is 2.40 bits per heavy atom. The molecule has 1 N–H and O–H groups in total. The van der Waals surface area contributed by atoms with Crippen LogP contribution in [0.5, 0.6) is 0 Å². The molecule has 1 amide bonds. The molecule has 10 nitrogen and oxygen atoms in total. The van der Waals surface area contributed by atoms with Crippen LogP contribution in [-0.2, 0) is 39.6 Å². The second-order valence-corrected chi connectivity index (χ2v) is 12.1. The van der Waals surface area contributed by atoms with Crippen LogP contribution < -0.4 is 5.32 Å². The lowest BCUT2D eigenvalue weighted by molar-refractivity contribution is -0.279. The molecule has 1 aromatic carbocycles. The highest BCUT2D eigenvalue weighted by atomic mass is 16.9. The number of carbonyl (C=O) groups is 2. The minimum Gasteiger partial charge on any atom is -0.469 e. The zero-order valence-electron chi connectivity index (χ0n) is 25.9. The fourth-order valence-corrected chi connectivity index (χ4v) is 6.06. The standard InChI is InChI=1S/C32H50N2O8/c1-5-6-7-10-13-20-38-23-32-29(41-31(2,3)42-32)28(26(40-32)22-34-18-11-8-9-12-19-34)39-30(36)33-25-16-14-24(15-17-25)21-27(35)37-4/h14-17,26,28-29H,5-13,18-23H2,1-4H3,(H,33,36)/t26-,28+,29-,32-/m0/s1. The Morgan fingerprint density at radius 2 is 1.71 bits per heavy atom. The van der Waals surface area contributed by atoms with E-state index in [1.807, 2.05) is 13.8 Å². The molecule has 3 heterocycles. The van der Waals surface area contributed by atoms with Gasteiger partial charge in [-0.3, -0.25) is 10.1 Å². The summed E-state index contributed by atoms with van der Waals surface area (Å²) >= 11 is 0. The number of benzene rings is 1. The number of nitrogens with one attached hydrogen (secondary N) is 1. The van der Waals surface area contributed by atoms with Gasteiger partial charge in [0.15, 0.2) is 18.0 Å². The highest BCUT2D eigenvalue weighted by Gasteiger charge is 2.66. The molecule has 236 valence electrons. The van der Waals surface area contributed by atoms with Crippen molar-refractivity contribution in [2.75, 3.05) is 45.3 Å². The van der Waals surface area contributed by atoms with Gasteiger partial charge in [0.2, 0.25) is 5.79 Å². The molecule has 0 radical (unpaired) electrons. The van der Waals surface area contributed by atoms with Crippen molar-refractivity contribution in [3.05, 3.63) is 29.8 Å². The fraction of sp³-hybridized carbons (Fsp3) is 0.750. The lowest BCUT2D eigenvalue weighted by Gasteiger charge is -2.31. The summed E-state index contributed by atoms with van der Waals surface area (Å²) in [6.07, 6.45) is 8.25. The third kappa shape index (κ3) is 9.13. The maximum atomic E-state index is 13.2. The summed E-state index contributed by atoms with van der Waals surface area (Å²) in [7, 11) is 1.36. The molecule has 4 atom stereocenters. The fourth-order valence-electron chi connectivity index (χ4n) is 6.06. The maximum Gasteiger partial charge on any atom is 0.412 e. The number of hydrogen-bond donors (Lipinski definition) is 1. The zero-order chi connectivity index (χ0) is 30.0. The van der Waals surface area contributed by atoms with Crippen LogP contribution in [0.15, 0.2) is 24.3 Å². The molecule has 3 saturated heterocycles. The summed E-state index contributed by atoms with van der Waals surface area (Å²) in [5.41, 5.74) is 1.34. The van der Waals surface area contributed by atoms with Crippen LogP contribution in [0.3, 0.4) is 0 Å². The number of ether oxygens (including phenoxy) is 6. The Hall–Kier alpha value is -2.24. The van der Waals surface area contributed by atoms with Gasteiger partial charge in [0.05, 0.1) is 13.5 Å². The molecular weight excluding hydrogens is 540 g/mol. The average molecular weight is 591 g/mol. The third-order valence-electron chi connectivity index (χ3n) is 8.13. The first-order valence-corrected chi connectivity index (χ1v) is 15.7. The van der Waals surface area contributed by atoms with Gasteiger partial charge in [-0.25, -0.2) is 4.79 Å². The number of nitrogens with zero attached hydrogens (tertiary/aromatic N) is 1. The van der Waals surface area contributed by atoms with Crippen LogP contribution in [0.2, 0.25) is 0 Å². The van der Waals surface area contributed by atoms with E-state index in [9.17, 15) is 9.59 Å². The van der Waals surface area contributed by atoms with E-state index >= 15 is 0 Å². The Balaban J connectivity index is 1.44. The van der Waals surface area contributed by atoms with Crippen LogP contribution in [0, 0.1) is 0 Å². The van der Waals surface area contributed by atoms with E-state index in [0.29, 0.717) is 18.8 Å². The lowest BCUT2D eigenvalue weighted by atomic mass is 10.0. The minimum absolute atomic E-state index is 0.163. The van der Waals surface area contributed by atoms with Gasteiger partial charge in [0.1, 0.15) is 12.7 Å². The van der Waals surface area contributed by atoms with Gasteiger partial charge in [0.25, 0.3) is 0 Å². The van der Waals surface area contributed by atoms with Gasteiger partial charge in [0, 0.05) is 18.8 Å². The smallest absolute Gasteiger partial charge is 0.412 e. The molecule has 1 aromatic rings.